The lowest BCUT2D eigenvalue weighted by atomic mass is 10.1. The van der Waals surface area contributed by atoms with Gasteiger partial charge in [0.2, 0.25) is 0 Å². The molecule has 1 saturated heterocycles. The van der Waals surface area contributed by atoms with E-state index in [4.69, 9.17) is 0 Å². The molecule has 2 fully saturated rings. The molecule has 4 rings (SSSR count). The maximum absolute atomic E-state index is 12.3. The van der Waals surface area contributed by atoms with Gasteiger partial charge in [-0.3, -0.25) is 14.5 Å². The van der Waals surface area contributed by atoms with Gasteiger partial charge in [-0.25, -0.2) is 0 Å². The number of carbonyl (C=O) groups is 2. The second-order valence-electron chi connectivity index (χ2n) is 5.64. The first kappa shape index (κ1) is 11.0. The fourth-order valence-corrected chi connectivity index (χ4v) is 3.08. The maximum atomic E-state index is 12.3. The summed E-state index contributed by atoms with van der Waals surface area (Å²) >= 11 is 0. The molecule has 19 heavy (non-hydrogen) atoms. The smallest absolute Gasteiger partial charge is 0.261 e. The van der Waals surface area contributed by atoms with Gasteiger partial charge in [-0.05, 0) is 43.9 Å². The van der Waals surface area contributed by atoms with Crippen molar-refractivity contribution in [1.82, 2.24) is 4.90 Å². The molecule has 1 saturated carbocycles. The second kappa shape index (κ2) is 3.83. The Bertz CT molecular complexity index is 572. The van der Waals surface area contributed by atoms with Crippen molar-refractivity contribution < 1.29 is 9.59 Å². The van der Waals surface area contributed by atoms with E-state index in [1.807, 2.05) is 18.2 Å². The molecule has 1 aliphatic carbocycles. The molecular formula is C15H16N2O2. The topological polar surface area (TPSA) is 40.6 Å². The van der Waals surface area contributed by atoms with Crippen LogP contribution >= 0.6 is 0 Å². The van der Waals surface area contributed by atoms with Crippen molar-refractivity contribution in [1.29, 1.82) is 0 Å². The van der Waals surface area contributed by atoms with Crippen LogP contribution in [-0.4, -0.2) is 35.8 Å². The van der Waals surface area contributed by atoms with Crippen LogP contribution in [0.15, 0.2) is 18.2 Å². The predicted molar refractivity (Wildman–Crippen MR) is 71.4 cm³/mol. The highest BCUT2D eigenvalue weighted by Gasteiger charge is 2.44. The van der Waals surface area contributed by atoms with Crippen LogP contribution in [0.3, 0.4) is 0 Å². The van der Waals surface area contributed by atoms with E-state index in [9.17, 15) is 9.59 Å². The quantitative estimate of drug-likeness (QED) is 0.760. The molecular weight excluding hydrogens is 240 g/mol. The normalized spacial score (nSPS) is 22.3. The minimum atomic E-state index is -0.101. The Morgan fingerprint density at radius 1 is 0.947 bits per heavy atom. The molecule has 3 aliphatic rings. The summed E-state index contributed by atoms with van der Waals surface area (Å²) in [5.41, 5.74) is 2.26. The van der Waals surface area contributed by atoms with Gasteiger partial charge in [0.05, 0.1) is 11.1 Å². The maximum Gasteiger partial charge on any atom is 0.261 e. The van der Waals surface area contributed by atoms with E-state index in [1.54, 1.807) is 0 Å². The minimum Gasteiger partial charge on any atom is -0.372 e. The number of nitrogens with zero attached hydrogens (tertiary/aromatic N) is 2. The minimum absolute atomic E-state index is 0.0939. The van der Waals surface area contributed by atoms with Gasteiger partial charge < -0.3 is 4.90 Å². The zero-order valence-electron chi connectivity index (χ0n) is 10.8. The SMILES string of the molecule is O=C1c2ccc(N3CCCC3)cc2C(=O)N1C1CC1. The Morgan fingerprint density at radius 2 is 1.63 bits per heavy atom. The van der Waals surface area contributed by atoms with E-state index in [0.717, 1.165) is 31.6 Å². The number of hydrogen-bond acceptors (Lipinski definition) is 3. The summed E-state index contributed by atoms with van der Waals surface area (Å²) in [6, 6.07) is 5.86. The molecule has 98 valence electrons. The molecule has 1 aromatic rings. The Balaban J connectivity index is 1.72. The van der Waals surface area contributed by atoms with Crippen molar-refractivity contribution in [2.24, 2.45) is 0 Å². The van der Waals surface area contributed by atoms with Crippen LogP contribution in [0.2, 0.25) is 0 Å². The largest absolute Gasteiger partial charge is 0.372 e. The van der Waals surface area contributed by atoms with Gasteiger partial charge in [0.15, 0.2) is 0 Å². The van der Waals surface area contributed by atoms with Crippen molar-refractivity contribution in [3.05, 3.63) is 29.3 Å². The number of carbonyl (C=O) groups excluding carboxylic acids is 2. The number of benzene rings is 1. The fraction of sp³-hybridized carbons (Fsp3) is 0.467. The van der Waals surface area contributed by atoms with E-state index >= 15 is 0 Å². The average Bonchev–Trinajstić information content (AvgIpc) is 3.03. The summed E-state index contributed by atoms with van der Waals surface area (Å²) in [6.45, 7) is 2.10. The van der Waals surface area contributed by atoms with Crippen molar-refractivity contribution >= 4 is 17.5 Å². The van der Waals surface area contributed by atoms with Crippen molar-refractivity contribution in [2.45, 2.75) is 31.7 Å². The molecule has 0 atom stereocenters. The number of amides is 2. The van der Waals surface area contributed by atoms with Crippen molar-refractivity contribution in [3.63, 3.8) is 0 Å². The molecule has 0 spiro atoms. The zero-order chi connectivity index (χ0) is 13.0. The van der Waals surface area contributed by atoms with Crippen LogP contribution in [-0.2, 0) is 0 Å². The van der Waals surface area contributed by atoms with Crippen LogP contribution in [0.4, 0.5) is 5.69 Å². The first-order valence-electron chi connectivity index (χ1n) is 7.02. The monoisotopic (exact) mass is 256 g/mol. The summed E-state index contributed by atoms with van der Waals surface area (Å²) < 4.78 is 0. The van der Waals surface area contributed by atoms with Gasteiger partial charge in [-0.2, -0.15) is 0 Å². The van der Waals surface area contributed by atoms with E-state index in [2.05, 4.69) is 4.90 Å². The van der Waals surface area contributed by atoms with Crippen LogP contribution < -0.4 is 4.90 Å². The molecule has 0 N–H and O–H groups in total. The number of fused-ring (bicyclic) bond motifs is 1. The molecule has 2 aliphatic heterocycles. The average molecular weight is 256 g/mol. The molecule has 2 heterocycles. The van der Waals surface area contributed by atoms with Crippen LogP contribution in [0.25, 0.3) is 0 Å². The number of rotatable bonds is 2. The number of imide groups is 1. The first-order valence-corrected chi connectivity index (χ1v) is 7.02. The lowest BCUT2D eigenvalue weighted by Crippen LogP contribution is -2.31. The summed E-state index contributed by atoms with van der Waals surface area (Å²) in [4.78, 5) is 28.3. The lowest BCUT2D eigenvalue weighted by Gasteiger charge is -2.17. The Hall–Kier alpha value is -1.84. The Kier molecular flexibility index (Phi) is 2.22. The molecule has 4 nitrogen and oxygen atoms in total. The van der Waals surface area contributed by atoms with Gasteiger partial charge >= 0.3 is 0 Å². The van der Waals surface area contributed by atoms with E-state index in [1.165, 1.54) is 17.7 Å². The summed E-state index contributed by atoms with van der Waals surface area (Å²) in [5.74, 6) is -0.195. The van der Waals surface area contributed by atoms with Crippen molar-refractivity contribution in [3.8, 4) is 0 Å². The molecule has 0 unspecified atom stereocenters. The van der Waals surface area contributed by atoms with Crippen LogP contribution in [0, 0.1) is 0 Å². The van der Waals surface area contributed by atoms with Gasteiger partial charge in [-0.1, -0.05) is 0 Å². The molecule has 4 heteroatoms. The standard InChI is InChI=1S/C15H16N2O2/c18-14-12-6-5-11(16-7-1-2-8-16)9-13(12)15(19)17(14)10-3-4-10/h5-6,9-10H,1-4,7-8H2. The highest BCUT2D eigenvalue weighted by atomic mass is 16.2. The Morgan fingerprint density at radius 3 is 2.32 bits per heavy atom. The van der Waals surface area contributed by atoms with Gasteiger partial charge in [0, 0.05) is 24.8 Å². The molecule has 0 aromatic heterocycles. The van der Waals surface area contributed by atoms with Crippen molar-refractivity contribution in [2.75, 3.05) is 18.0 Å². The predicted octanol–water partition coefficient (Wildman–Crippen LogP) is 2.05. The second-order valence-corrected chi connectivity index (χ2v) is 5.64. The third kappa shape index (κ3) is 1.59. The number of anilines is 1. The highest BCUT2D eigenvalue weighted by Crippen LogP contribution is 2.36. The highest BCUT2D eigenvalue weighted by molar-refractivity contribution is 6.22. The third-order valence-corrected chi connectivity index (χ3v) is 4.28. The lowest BCUT2D eigenvalue weighted by molar-refractivity contribution is 0.0642. The number of hydrogen-bond donors (Lipinski definition) is 0. The molecule has 2 amide bonds. The third-order valence-electron chi connectivity index (χ3n) is 4.28. The van der Waals surface area contributed by atoms with E-state index in [0.29, 0.717) is 11.1 Å². The summed E-state index contributed by atoms with van der Waals surface area (Å²) in [7, 11) is 0. The zero-order valence-corrected chi connectivity index (χ0v) is 10.8. The van der Waals surface area contributed by atoms with E-state index < -0.39 is 0 Å². The van der Waals surface area contributed by atoms with Crippen LogP contribution in [0.1, 0.15) is 46.4 Å². The van der Waals surface area contributed by atoms with Crippen LogP contribution in [0.5, 0.6) is 0 Å². The summed E-state index contributed by atoms with van der Waals surface area (Å²) in [6.07, 6.45) is 4.34. The van der Waals surface area contributed by atoms with Gasteiger partial charge in [-0.15, -0.1) is 0 Å². The molecule has 1 aromatic carbocycles. The first-order chi connectivity index (χ1) is 9.25. The van der Waals surface area contributed by atoms with Gasteiger partial charge in [0.1, 0.15) is 0 Å². The molecule has 0 radical (unpaired) electrons. The van der Waals surface area contributed by atoms with E-state index in [-0.39, 0.29) is 17.9 Å². The summed E-state index contributed by atoms with van der Waals surface area (Å²) in [5, 5.41) is 0. The fourth-order valence-electron chi connectivity index (χ4n) is 3.08. The molecule has 0 bridgehead atoms. The van der Waals surface area contributed by atoms with Gasteiger partial charge in [0.25, 0.3) is 11.8 Å². The Labute approximate surface area is 112 Å².